The number of Topliss-reactive ketones (excluding diaryl/α,β-unsaturated/α-hetero) is 2. The maximum Gasteiger partial charge on any atom is 0.132 e. The van der Waals surface area contributed by atoms with E-state index < -0.39 is 0 Å². The van der Waals surface area contributed by atoms with E-state index >= 15 is 0 Å². The lowest BCUT2D eigenvalue weighted by atomic mass is 9.88. The largest absolute Gasteiger partial charge is 0.300 e. The normalized spacial score (nSPS) is 12.5. The van der Waals surface area contributed by atoms with E-state index in [0.717, 1.165) is 25.7 Å². The van der Waals surface area contributed by atoms with E-state index in [4.69, 9.17) is 0 Å². The van der Waals surface area contributed by atoms with Gasteiger partial charge in [0.15, 0.2) is 0 Å². The van der Waals surface area contributed by atoms with Gasteiger partial charge in [-0.25, -0.2) is 0 Å². The number of hydrogen-bond donors (Lipinski definition) is 0. The van der Waals surface area contributed by atoms with Crippen molar-refractivity contribution in [1.29, 1.82) is 0 Å². The molecule has 0 fully saturated rings. The van der Waals surface area contributed by atoms with E-state index in [1.807, 2.05) is 0 Å². The highest BCUT2D eigenvalue weighted by Gasteiger charge is 2.14. The summed E-state index contributed by atoms with van der Waals surface area (Å²) in [6.45, 7) is 13.1. The molecule has 0 aromatic heterocycles. The molecule has 0 spiro atoms. The average molecular weight is 282 g/mol. The zero-order chi connectivity index (χ0) is 15.8. The molecule has 0 amide bonds. The van der Waals surface area contributed by atoms with Crippen molar-refractivity contribution in [2.24, 2.45) is 10.8 Å². The number of ketones is 2. The molecule has 0 aliphatic carbocycles. The Morgan fingerprint density at radius 2 is 1.00 bits per heavy atom. The minimum absolute atomic E-state index is 0.221. The van der Waals surface area contributed by atoms with Crippen molar-refractivity contribution < 1.29 is 9.59 Å². The molecule has 0 atom stereocenters. The molecule has 0 rings (SSSR count). The van der Waals surface area contributed by atoms with Gasteiger partial charge in [-0.2, -0.15) is 0 Å². The lowest BCUT2D eigenvalue weighted by molar-refractivity contribution is -0.120. The fourth-order valence-electron chi connectivity index (χ4n) is 2.06. The van der Waals surface area contributed by atoms with Crippen molar-refractivity contribution in [3.63, 3.8) is 0 Å². The molecule has 0 heterocycles. The van der Waals surface area contributed by atoms with E-state index in [1.54, 1.807) is 0 Å². The van der Waals surface area contributed by atoms with Crippen LogP contribution in [-0.4, -0.2) is 11.6 Å². The maximum absolute atomic E-state index is 11.7. The molecule has 0 aliphatic rings. The van der Waals surface area contributed by atoms with Crippen molar-refractivity contribution in [1.82, 2.24) is 0 Å². The third-order valence-corrected chi connectivity index (χ3v) is 3.45. The molecule has 20 heavy (non-hydrogen) atoms. The van der Waals surface area contributed by atoms with Crippen LogP contribution in [0, 0.1) is 10.8 Å². The Hall–Kier alpha value is -0.660. The Morgan fingerprint density at radius 1 is 0.600 bits per heavy atom. The predicted octanol–water partition coefficient (Wildman–Crippen LogP) is 5.34. The molecule has 0 radical (unpaired) electrons. The standard InChI is InChI=1S/C18H34O2/c1-17(2,3)13-8-11-15(19)9-7-10-16(20)12-14-18(4,5)6/h7-14H2,1-6H3. The summed E-state index contributed by atoms with van der Waals surface area (Å²) in [5, 5.41) is 0. The molecule has 2 nitrogen and oxygen atoms in total. The van der Waals surface area contributed by atoms with Crippen LogP contribution in [0.25, 0.3) is 0 Å². The molecule has 0 unspecified atom stereocenters. The minimum atomic E-state index is 0.221. The summed E-state index contributed by atoms with van der Waals surface area (Å²) in [5.41, 5.74) is 0.529. The number of hydrogen-bond acceptors (Lipinski definition) is 2. The van der Waals surface area contributed by atoms with Crippen LogP contribution in [-0.2, 0) is 9.59 Å². The molecule has 0 N–H and O–H groups in total. The van der Waals surface area contributed by atoms with E-state index in [9.17, 15) is 9.59 Å². The zero-order valence-corrected chi connectivity index (χ0v) is 14.5. The maximum atomic E-state index is 11.7. The number of carbonyl (C=O) groups excluding carboxylic acids is 2. The zero-order valence-electron chi connectivity index (χ0n) is 14.5. The summed E-state index contributed by atoms with van der Waals surface area (Å²) in [5.74, 6) is 0.625. The molecular formula is C18H34O2. The van der Waals surface area contributed by atoms with Gasteiger partial charge in [0.05, 0.1) is 0 Å². The van der Waals surface area contributed by atoms with Crippen molar-refractivity contribution in [2.75, 3.05) is 0 Å². The first-order valence-corrected chi connectivity index (χ1v) is 8.03. The molecule has 0 aliphatic heterocycles. The van der Waals surface area contributed by atoms with Gasteiger partial charge < -0.3 is 0 Å². The summed E-state index contributed by atoms with van der Waals surface area (Å²) in [6.07, 6.45) is 6.20. The lowest BCUT2D eigenvalue weighted by Gasteiger charge is -2.17. The van der Waals surface area contributed by atoms with Crippen molar-refractivity contribution in [3.05, 3.63) is 0 Å². The summed E-state index contributed by atoms with van der Waals surface area (Å²) in [4.78, 5) is 23.4. The first-order chi connectivity index (χ1) is 8.99. The SMILES string of the molecule is CC(C)(C)CCCC(=O)CCCC(=O)CCC(C)(C)C. The number of rotatable bonds is 9. The third-order valence-electron chi connectivity index (χ3n) is 3.45. The molecule has 0 aromatic carbocycles. The molecule has 118 valence electrons. The van der Waals surface area contributed by atoms with E-state index in [-0.39, 0.29) is 5.41 Å². The fraction of sp³-hybridized carbons (Fsp3) is 0.889. The Bertz CT molecular complexity index is 302. The summed E-state index contributed by atoms with van der Waals surface area (Å²) < 4.78 is 0. The first kappa shape index (κ1) is 19.3. The third kappa shape index (κ3) is 13.8. The van der Waals surface area contributed by atoms with Gasteiger partial charge in [0.1, 0.15) is 11.6 Å². The van der Waals surface area contributed by atoms with E-state index in [1.165, 1.54) is 0 Å². The van der Waals surface area contributed by atoms with Gasteiger partial charge in [-0.1, -0.05) is 41.5 Å². The van der Waals surface area contributed by atoms with Gasteiger partial charge in [0.25, 0.3) is 0 Å². The van der Waals surface area contributed by atoms with Crippen LogP contribution < -0.4 is 0 Å². The molecule has 0 saturated carbocycles. The Balaban J connectivity index is 3.64. The summed E-state index contributed by atoms with van der Waals surface area (Å²) in [7, 11) is 0. The Morgan fingerprint density at radius 3 is 1.45 bits per heavy atom. The molecule has 0 saturated heterocycles. The highest BCUT2D eigenvalue weighted by Crippen LogP contribution is 2.23. The predicted molar refractivity (Wildman–Crippen MR) is 85.9 cm³/mol. The quantitative estimate of drug-likeness (QED) is 0.572. The highest BCUT2D eigenvalue weighted by molar-refractivity contribution is 5.81. The topological polar surface area (TPSA) is 34.1 Å². The van der Waals surface area contributed by atoms with E-state index in [0.29, 0.717) is 42.7 Å². The average Bonchev–Trinajstić information content (AvgIpc) is 2.23. The fourth-order valence-corrected chi connectivity index (χ4v) is 2.06. The first-order valence-electron chi connectivity index (χ1n) is 8.03. The van der Waals surface area contributed by atoms with Crippen LogP contribution in [0.4, 0.5) is 0 Å². The Kier molecular flexibility index (Phi) is 8.30. The van der Waals surface area contributed by atoms with Crippen LogP contribution in [0.1, 0.15) is 92.9 Å². The van der Waals surface area contributed by atoms with Crippen molar-refractivity contribution in [2.45, 2.75) is 92.9 Å². The number of carbonyl (C=O) groups is 2. The Labute approximate surface area is 125 Å². The minimum Gasteiger partial charge on any atom is -0.300 e. The second-order valence-electron chi connectivity index (χ2n) is 8.41. The summed E-state index contributed by atoms with van der Waals surface area (Å²) in [6, 6.07) is 0. The van der Waals surface area contributed by atoms with Crippen LogP contribution in [0.15, 0.2) is 0 Å². The second-order valence-corrected chi connectivity index (χ2v) is 8.41. The van der Waals surface area contributed by atoms with Crippen LogP contribution in [0.3, 0.4) is 0 Å². The van der Waals surface area contributed by atoms with Crippen molar-refractivity contribution in [3.8, 4) is 0 Å². The molecule has 2 heteroatoms. The van der Waals surface area contributed by atoms with Crippen LogP contribution >= 0.6 is 0 Å². The lowest BCUT2D eigenvalue weighted by Crippen LogP contribution is -2.09. The smallest absolute Gasteiger partial charge is 0.132 e. The summed E-state index contributed by atoms with van der Waals surface area (Å²) >= 11 is 0. The van der Waals surface area contributed by atoms with Crippen LogP contribution in [0.2, 0.25) is 0 Å². The highest BCUT2D eigenvalue weighted by atomic mass is 16.1. The second kappa shape index (κ2) is 8.59. The molecule has 0 aromatic rings. The van der Waals surface area contributed by atoms with E-state index in [2.05, 4.69) is 41.5 Å². The van der Waals surface area contributed by atoms with Gasteiger partial charge in [-0.15, -0.1) is 0 Å². The van der Waals surface area contributed by atoms with Gasteiger partial charge in [0.2, 0.25) is 0 Å². The van der Waals surface area contributed by atoms with Gasteiger partial charge in [-0.3, -0.25) is 9.59 Å². The van der Waals surface area contributed by atoms with Gasteiger partial charge in [-0.05, 0) is 36.5 Å². The van der Waals surface area contributed by atoms with Crippen LogP contribution in [0.5, 0.6) is 0 Å². The monoisotopic (exact) mass is 282 g/mol. The van der Waals surface area contributed by atoms with Crippen molar-refractivity contribution >= 4 is 11.6 Å². The van der Waals surface area contributed by atoms with Gasteiger partial charge in [0, 0.05) is 25.7 Å². The molecular weight excluding hydrogens is 248 g/mol. The molecule has 0 bridgehead atoms. The van der Waals surface area contributed by atoms with Gasteiger partial charge >= 0.3 is 0 Å².